The van der Waals surface area contributed by atoms with E-state index in [9.17, 15) is 17.8 Å². The summed E-state index contributed by atoms with van der Waals surface area (Å²) in [4.78, 5) is 10.4. The Kier molecular flexibility index (Phi) is 8.47. The van der Waals surface area contributed by atoms with Crippen molar-refractivity contribution in [3.05, 3.63) is 29.8 Å². The van der Waals surface area contributed by atoms with E-state index >= 15 is 0 Å². The summed E-state index contributed by atoms with van der Waals surface area (Å²) in [6.45, 7) is 0.343. The van der Waals surface area contributed by atoms with Crippen molar-refractivity contribution in [3.63, 3.8) is 0 Å². The second-order valence-corrected chi connectivity index (χ2v) is 5.03. The van der Waals surface area contributed by atoms with E-state index in [1.807, 2.05) is 0 Å². The Morgan fingerprint density at radius 3 is 2.28 bits per heavy atom. The van der Waals surface area contributed by atoms with Crippen LogP contribution in [0.4, 0.5) is 0 Å². The maximum Gasteiger partial charge on any atom is 1.00 e. The molecule has 0 aliphatic carbocycles. The quantitative estimate of drug-likeness (QED) is 0.255. The van der Waals surface area contributed by atoms with E-state index in [2.05, 4.69) is 0 Å². The summed E-state index contributed by atoms with van der Waals surface area (Å²) in [7, 11) is -4.12. The molecule has 1 rings (SSSR count). The van der Waals surface area contributed by atoms with Gasteiger partial charge in [-0.25, -0.2) is 8.42 Å². The molecule has 0 saturated heterocycles. The van der Waals surface area contributed by atoms with E-state index < -0.39 is 10.1 Å². The SMILES string of the molecule is O=Cc1ccc(OCCCCS(=O)(=O)[O-])cc1.[Na+]. The normalized spacial score (nSPS) is 10.5. The number of carbonyl (C=O) groups is 1. The average Bonchev–Trinajstić information content (AvgIpc) is 2.28. The third-order valence-electron chi connectivity index (χ3n) is 2.07. The first-order chi connectivity index (χ1) is 8.01. The average molecular weight is 280 g/mol. The van der Waals surface area contributed by atoms with E-state index in [1.54, 1.807) is 24.3 Å². The summed E-state index contributed by atoms with van der Waals surface area (Å²) < 4.78 is 36.2. The van der Waals surface area contributed by atoms with Crippen LogP contribution in [0.1, 0.15) is 23.2 Å². The first kappa shape index (κ1) is 17.6. The van der Waals surface area contributed by atoms with Crippen LogP contribution in [0.15, 0.2) is 24.3 Å². The maximum atomic E-state index is 10.4. The number of ether oxygens (including phenoxy) is 1. The molecular weight excluding hydrogens is 267 g/mol. The van der Waals surface area contributed by atoms with E-state index in [4.69, 9.17) is 4.74 Å². The fourth-order valence-corrected chi connectivity index (χ4v) is 1.77. The van der Waals surface area contributed by atoms with Gasteiger partial charge in [0, 0.05) is 11.3 Å². The van der Waals surface area contributed by atoms with Crippen molar-refractivity contribution < 1.29 is 52.1 Å². The molecule has 7 heteroatoms. The molecule has 0 unspecified atom stereocenters. The summed E-state index contributed by atoms with van der Waals surface area (Å²) in [6.07, 6.45) is 1.53. The maximum absolute atomic E-state index is 10.4. The first-order valence-electron chi connectivity index (χ1n) is 5.13. The molecule has 0 aliphatic heterocycles. The van der Waals surface area contributed by atoms with Crippen LogP contribution in [-0.4, -0.2) is 31.6 Å². The van der Waals surface area contributed by atoms with Crippen molar-refractivity contribution in [2.45, 2.75) is 12.8 Å². The number of hydrogen-bond donors (Lipinski definition) is 0. The van der Waals surface area contributed by atoms with Crippen LogP contribution in [0.2, 0.25) is 0 Å². The van der Waals surface area contributed by atoms with Gasteiger partial charge in [-0.1, -0.05) is 0 Å². The van der Waals surface area contributed by atoms with Gasteiger partial charge >= 0.3 is 29.6 Å². The zero-order valence-corrected chi connectivity index (χ0v) is 13.0. The first-order valence-corrected chi connectivity index (χ1v) is 6.70. The summed E-state index contributed by atoms with van der Waals surface area (Å²) in [5.74, 6) is 0.251. The van der Waals surface area contributed by atoms with E-state index in [1.165, 1.54) is 0 Å². The summed E-state index contributed by atoms with van der Waals surface area (Å²) >= 11 is 0. The molecule has 0 radical (unpaired) electrons. The van der Waals surface area contributed by atoms with Gasteiger partial charge in [-0.15, -0.1) is 0 Å². The Hall–Kier alpha value is -0.400. The molecule has 1 aromatic carbocycles. The van der Waals surface area contributed by atoms with Crippen LogP contribution < -0.4 is 34.3 Å². The number of carbonyl (C=O) groups excluding carboxylic acids is 1. The van der Waals surface area contributed by atoms with E-state index in [0.29, 0.717) is 24.3 Å². The Bertz CT molecular complexity index is 455. The molecule has 0 aliphatic rings. The van der Waals surface area contributed by atoms with Crippen LogP contribution in [0.3, 0.4) is 0 Å². The third-order valence-corrected chi connectivity index (χ3v) is 2.86. The zero-order chi connectivity index (χ0) is 12.7. The topological polar surface area (TPSA) is 83.5 Å². The molecule has 0 amide bonds. The molecule has 18 heavy (non-hydrogen) atoms. The van der Waals surface area contributed by atoms with Gasteiger partial charge in [-0.05, 0) is 37.1 Å². The molecule has 0 N–H and O–H groups in total. The van der Waals surface area contributed by atoms with E-state index in [-0.39, 0.29) is 41.7 Å². The van der Waals surface area contributed by atoms with Gasteiger partial charge in [-0.2, -0.15) is 0 Å². The minimum atomic E-state index is -4.12. The molecule has 1 aromatic rings. The van der Waals surface area contributed by atoms with Crippen LogP contribution in [0.25, 0.3) is 0 Å². The molecule has 0 fully saturated rings. The molecule has 94 valence electrons. The third kappa shape index (κ3) is 7.84. The van der Waals surface area contributed by atoms with Gasteiger partial charge in [0.15, 0.2) is 0 Å². The van der Waals surface area contributed by atoms with Crippen molar-refractivity contribution in [3.8, 4) is 5.75 Å². The predicted molar refractivity (Wildman–Crippen MR) is 61.1 cm³/mol. The molecule has 0 heterocycles. The molecule has 5 nitrogen and oxygen atoms in total. The largest absolute Gasteiger partial charge is 1.00 e. The number of benzene rings is 1. The number of unbranched alkanes of at least 4 members (excludes halogenated alkanes) is 1. The minimum absolute atomic E-state index is 0. The number of hydrogen-bond acceptors (Lipinski definition) is 5. The van der Waals surface area contributed by atoms with Crippen LogP contribution in [-0.2, 0) is 10.1 Å². The zero-order valence-electron chi connectivity index (χ0n) is 10.2. The Morgan fingerprint density at radius 1 is 1.17 bits per heavy atom. The Labute approximate surface area is 129 Å². The molecule has 0 spiro atoms. The van der Waals surface area contributed by atoms with Gasteiger partial charge < -0.3 is 9.29 Å². The fourth-order valence-electron chi connectivity index (χ4n) is 1.21. The molecular formula is C11H13NaO5S. The van der Waals surface area contributed by atoms with Crippen molar-refractivity contribution in [1.29, 1.82) is 0 Å². The Balaban J connectivity index is 0.00000289. The van der Waals surface area contributed by atoms with Gasteiger partial charge in [0.05, 0.1) is 16.7 Å². The minimum Gasteiger partial charge on any atom is -0.748 e. The monoisotopic (exact) mass is 280 g/mol. The summed E-state index contributed by atoms with van der Waals surface area (Å²) in [6, 6.07) is 6.58. The van der Waals surface area contributed by atoms with E-state index in [0.717, 1.165) is 6.29 Å². The summed E-state index contributed by atoms with van der Waals surface area (Å²) in [5, 5.41) is 0. The van der Waals surface area contributed by atoms with Crippen LogP contribution >= 0.6 is 0 Å². The van der Waals surface area contributed by atoms with Crippen LogP contribution in [0.5, 0.6) is 5.75 Å². The second-order valence-electron chi connectivity index (χ2n) is 3.50. The van der Waals surface area contributed by atoms with Gasteiger partial charge in [0.2, 0.25) is 0 Å². The smallest absolute Gasteiger partial charge is 0.748 e. The van der Waals surface area contributed by atoms with Crippen molar-refractivity contribution >= 4 is 16.4 Å². The Morgan fingerprint density at radius 2 is 1.78 bits per heavy atom. The van der Waals surface area contributed by atoms with Crippen molar-refractivity contribution in [1.82, 2.24) is 0 Å². The summed E-state index contributed by atoms with van der Waals surface area (Å²) in [5.41, 5.74) is 0.565. The number of aldehydes is 1. The number of rotatable bonds is 7. The fraction of sp³-hybridized carbons (Fsp3) is 0.364. The van der Waals surface area contributed by atoms with Crippen LogP contribution in [0, 0.1) is 0 Å². The van der Waals surface area contributed by atoms with Gasteiger partial charge in [-0.3, -0.25) is 4.79 Å². The van der Waals surface area contributed by atoms with Gasteiger partial charge in [0.1, 0.15) is 12.0 Å². The molecule has 0 atom stereocenters. The molecule has 0 saturated carbocycles. The molecule has 0 bridgehead atoms. The second kappa shape index (κ2) is 8.66. The standard InChI is InChI=1S/C11H14O5S.Na/c12-9-10-3-5-11(6-4-10)16-7-1-2-8-17(13,14)15;/h3-6,9H,1-2,7-8H2,(H,13,14,15);/q;+1/p-1. The van der Waals surface area contributed by atoms with Crippen molar-refractivity contribution in [2.75, 3.05) is 12.4 Å². The van der Waals surface area contributed by atoms with Gasteiger partial charge in [0.25, 0.3) is 0 Å². The van der Waals surface area contributed by atoms with Crippen molar-refractivity contribution in [2.24, 2.45) is 0 Å². The predicted octanol–water partition coefficient (Wildman–Crippen LogP) is -1.79. The molecule has 0 aromatic heterocycles.